The maximum Gasteiger partial charge on any atom is 1.00 e. The van der Waals surface area contributed by atoms with Crippen LogP contribution >= 0.6 is 0 Å². The molecule has 0 heterocycles. The molecule has 0 aromatic rings. The smallest absolute Gasteiger partial charge is 1.00 e. The number of carboxylic acid groups (broad SMARTS) is 1. The second-order valence-corrected chi connectivity index (χ2v) is 1.61. The van der Waals surface area contributed by atoms with Crippen LogP contribution in [0.3, 0.4) is 0 Å². The van der Waals surface area contributed by atoms with Gasteiger partial charge in [-0.05, 0) is 6.92 Å². The van der Waals surface area contributed by atoms with Crippen molar-refractivity contribution < 1.29 is 39.8 Å². The molecule has 0 unspecified atom stereocenters. The molecule has 0 amide bonds. The Kier molecular flexibility index (Phi) is 6.32. The number of rotatable bonds is 3. The summed E-state index contributed by atoms with van der Waals surface area (Å²) in [6.07, 6.45) is -0.505. The molecule has 5 heteroatoms. The molecule has 1 N–H and O–H groups in total. The zero-order valence-corrected chi connectivity index (χ0v) is 5.88. The molecule has 4 nitrogen and oxygen atoms in total. The summed E-state index contributed by atoms with van der Waals surface area (Å²) in [4.78, 5) is 29.9. The summed E-state index contributed by atoms with van der Waals surface area (Å²) < 4.78 is 0. The Morgan fingerprint density at radius 3 is 1.90 bits per heavy atom. The van der Waals surface area contributed by atoms with E-state index in [4.69, 9.17) is 5.11 Å². The third-order valence-electron chi connectivity index (χ3n) is 0.648. The number of hydrogen-bond acceptors (Lipinski definition) is 3. The molecule has 0 aromatic heterocycles. The van der Waals surface area contributed by atoms with E-state index in [0.717, 1.165) is 0 Å². The van der Waals surface area contributed by atoms with Crippen molar-refractivity contribution in [2.45, 2.75) is 13.3 Å². The topological polar surface area (TPSA) is 71.4 Å². The van der Waals surface area contributed by atoms with E-state index < -0.39 is 24.0 Å². The molecular weight excluding hydrogens is 131 g/mol. The third-order valence-corrected chi connectivity index (χ3v) is 0.648. The Labute approximate surface area is 71.3 Å². The van der Waals surface area contributed by atoms with Crippen molar-refractivity contribution in [3.8, 4) is 0 Å². The number of aliphatic carboxylic acids is 1. The van der Waals surface area contributed by atoms with Crippen molar-refractivity contribution in [2.24, 2.45) is 0 Å². The van der Waals surface area contributed by atoms with Crippen molar-refractivity contribution in [1.82, 2.24) is 0 Å². The number of carbonyl (C=O) groups excluding carboxylic acids is 2. The van der Waals surface area contributed by atoms with Crippen molar-refractivity contribution in [3.05, 3.63) is 0 Å². The third kappa shape index (κ3) is 5.54. The molecule has 0 aliphatic heterocycles. The summed E-state index contributed by atoms with van der Waals surface area (Å²) in [5, 5.41) is 7.93. The summed E-state index contributed by atoms with van der Waals surface area (Å²) in [5.74, 6) is -3.03. The van der Waals surface area contributed by atoms with E-state index in [0.29, 0.717) is 0 Å². The number of ketones is 2. The van der Waals surface area contributed by atoms with Crippen molar-refractivity contribution in [1.29, 1.82) is 0 Å². The predicted molar refractivity (Wildman–Crippen MR) is 29.1 cm³/mol. The van der Waals surface area contributed by atoms with Crippen LogP contribution in [-0.2, 0) is 14.4 Å². The molecule has 0 fully saturated rings. The van der Waals surface area contributed by atoms with Gasteiger partial charge in [-0.2, -0.15) is 0 Å². The largest absolute Gasteiger partial charge is 1.00 e. The first kappa shape index (κ1) is 12.1. The van der Waals surface area contributed by atoms with E-state index in [-0.39, 0.29) is 20.3 Å². The van der Waals surface area contributed by atoms with E-state index in [9.17, 15) is 14.4 Å². The Hall–Kier alpha value is -0.593. The molecule has 52 valence electrons. The Bertz CT molecular complexity index is 168. The molecule has 10 heavy (non-hydrogen) atoms. The van der Waals surface area contributed by atoms with Crippen LogP contribution in [0, 0.1) is 0 Å². The molecule has 0 atom stereocenters. The second-order valence-electron chi connectivity index (χ2n) is 1.61. The van der Waals surface area contributed by atoms with Crippen LogP contribution < -0.4 is 18.9 Å². The van der Waals surface area contributed by atoms with Crippen LogP contribution in [0.2, 0.25) is 0 Å². The van der Waals surface area contributed by atoms with E-state index in [1.54, 1.807) is 0 Å². The average molecular weight is 138 g/mol. The summed E-state index contributed by atoms with van der Waals surface area (Å²) >= 11 is 0. The van der Waals surface area contributed by atoms with Gasteiger partial charge in [0.2, 0.25) is 5.78 Å². The second kappa shape index (κ2) is 5.21. The first-order valence-electron chi connectivity index (χ1n) is 2.29. The van der Waals surface area contributed by atoms with Gasteiger partial charge in [-0.3, -0.25) is 9.59 Å². The van der Waals surface area contributed by atoms with Gasteiger partial charge in [0.1, 0.15) is 5.78 Å². The van der Waals surface area contributed by atoms with E-state index >= 15 is 0 Å². The predicted octanol–water partition coefficient (Wildman–Crippen LogP) is -3.26. The maximum atomic E-state index is 10.1. The van der Waals surface area contributed by atoms with Crippen LogP contribution in [-0.4, -0.2) is 22.6 Å². The van der Waals surface area contributed by atoms with Crippen LogP contribution in [0.4, 0.5) is 0 Å². The number of hydrogen-bond donors (Lipinski definition) is 1. The minimum Gasteiger partial charge on any atom is -1.00 e. The standard InChI is InChI=1S/C5H6O4.Li.H/c1-3(6)2-4(7)5(8)9;;/h2H2,1H3,(H,8,9);;/q;+1;-1. The molecule has 0 radical (unpaired) electrons. The van der Waals surface area contributed by atoms with Crippen LogP contribution in [0.1, 0.15) is 14.8 Å². The normalized spacial score (nSPS) is 7.70. The van der Waals surface area contributed by atoms with E-state index in [2.05, 4.69) is 0 Å². The van der Waals surface area contributed by atoms with Crippen molar-refractivity contribution in [2.75, 3.05) is 0 Å². The van der Waals surface area contributed by atoms with Gasteiger partial charge in [0, 0.05) is 0 Å². The molecule has 0 rings (SSSR count). The quantitative estimate of drug-likeness (QED) is 0.252. The minimum absolute atomic E-state index is 0. The van der Waals surface area contributed by atoms with E-state index in [1.165, 1.54) is 6.92 Å². The average Bonchev–Trinajstić information content (AvgIpc) is 1.63. The summed E-state index contributed by atoms with van der Waals surface area (Å²) in [6.45, 7) is 1.17. The zero-order valence-electron chi connectivity index (χ0n) is 6.88. The Balaban J connectivity index is -0.000000320. The SMILES string of the molecule is CC(=O)CC(=O)C(=O)O.[H-].[Li+]. The van der Waals surface area contributed by atoms with Crippen LogP contribution in [0.15, 0.2) is 0 Å². The van der Waals surface area contributed by atoms with Crippen molar-refractivity contribution >= 4 is 17.5 Å². The molecule has 0 spiro atoms. The van der Waals surface area contributed by atoms with Crippen LogP contribution in [0.5, 0.6) is 0 Å². The summed E-state index contributed by atoms with van der Waals surface area (Å²) in [6, 6.07) is 0. The van der Waals surface area contributed by atoms with E-state index in [1.807, 2.05) is 0 Å². The van der Waals surface area contributed by atoms with Gasteiger partial charge < -0.3 is 6.53 Å². The first-order valence-corrected chi connectivity index (χ1v) is 2.29. The molecular formula is C5H7LiO4. The summed E-state index contributed by atoms with van der Waals surface area (Å²) in [7, 11) is 0. The maximum absolute atomic E-state index is 10.1. The molecule has 0 aliphatic carbocycles. The zero-order chi connectivity index (χ0) is 7.44. The Morgan fingerprint density at radius 1 is 1.40 bits per heavy atom. The van der Waals surface area contributed by atoms with Gasteiger partial charge in [-0.1, -0.05) is 0 Å². The molecule has 0 saturated heterocycles. The molecule has 0 saturated carbocycles. The van der Waals surface area contributed by atoms with Gasteiger partial charge in [0.15, 0.2) is 0 Å². The number of carboxylic acids is 1. The minimum atomic E-state index is -1.55. The fraction of sp³-hybridized carbons (Fsp3) is 0.400. The Morgan fingerprint density at radius 2 is 1.80 bits per heavy atom. The van der Waals surface area contributed by atoms with Gasteiger partial charge in [0.05, 0.1) is 6.42 Å². The van der Waals surface area contributed by atoms with Gasteiger partial charge in [-0.15, -0.1) is 0 Å². The molecule has 0 aliphatic rings. The fourth-order valence-corrected chi connectivity index (χ4v) is 0.302. The van der Waals surface area contributed by atoms with Crippen LogP contribution in [0.25, 0.3) is 0 Å². The number of Topliss-reactive ketones (excluding diaryl/α,β-unsaturated/α-hetero) is 2. The van der Waals surface area contributed by atoms with Crippen molar-refractivity contribution in [3.63, 3.8) is 0 Å². The first-order chi connectivity index (χ1) is 4.04. The van der Waals surface area contributed by atoms with Gasteiger partial charge in [0.25, 0.3) is 0 Å². The number of carbonyl (C=O) groups is 3. The molecule has 0 bridgehead atoms. The fourth-order valence-electron chi connectivity index (χ4n) is 0.302. The monoisotopic (exact) mass is 138 g/mol. The molecule has 0 aromatic carbocycles. The van der Waals surface area contributed by atoms with Gasteiger partial charge >= 0.3 is 24.8 Å². The summed E-state index contributed by atoms with van der Waals surface area (Å²) in [5.41, 5.74) is 0. The van der Waals surface area contributed by atoms with Gasteiger partial charge in [-0.25, -0.2) is 4.79 Å².